The molecule has 0 saturated carbocycles. The molecule has 0 fully saturated rings. The van der Waals surface area contributed by atoms with Crippen molar-refractivity contribution in [1.29, 1.82) is 0 Å². The minimum absolute atomic E-state index is 0.313. The third-order valence-corrected chi connectivity index (χ3v) is 2.60. The number of benzene rings is 1. The maximum Gasteiger partial charge on any atom is 0.322 e. The predicted molar refractivity (Wildman–Crippen MR) is 77.0 cm³/mol. The van der Waals surface area contributed by atoms with Gasteiger partial charge in [0.05, 0.1) is 12.3 Å². The molecule has 0 aliphatic carbocycles. The van der Waals surface area contributed by atoms with E-state index in [4.69, 9.17) is 15.2 Å². The number of nitrogens with zero attached hydrogens (tertiary/aromatic N) is 2. The van der Waals surface area contributed by atoms with E-state index in [1.54, 1.807) is 0 Å². The van der Waals surface area contributed by atoms with Gasteiger partial charge in [0, 0.05) is 12.2 Å². The second-order valence-electron chi connectivity index (χ2n) is 4.41. The van der Waals surface area contributed by atoms with Crippen LogP contribution in [0.2, 0.25) is 0 Å². The van der Waals surface area contributed by atoms with Gasteiger partial charge in [-0.05, 0) is 43.7 Å². The molecular weight excluding hydrogens is 254 g/mol. The lowest BCUT2D eigenvalue weighted by Gasteiger charge is -2.08. The fourth-order valence-electron chi connectivity index (χ4n) is 1.68. The van der Waals surface area contributed by atoms with Crippen LogP contribution in [0.5, 0.6) is 17.5 Å². The van der Waals surface area contributed by atoms with E-state index in [1.165, 1.54) is 0 Å². The molecule has 0 amide bonds. The van der Waals surface area contributed by atoms with Crippen molar-refractivity contribution in [3.05, 3.63) is 41.7 Å². The number of nitrogens with two attached hydrogens (primary N) is 1. The number of aryl methyl sites for hydroxylation is 1. The summed E-state index contributed by atoms with van der Waals surface area (Å²) in [5.74, 6) is 1.49. The second-order valence-corrected chi connectivity index (χ2v) is 4.41. The van der Waals surface area contributed by atoms with Crippen molar-refractivity contribution in [2.24, 2.45) is 5.73 Å². The van der Waals surface area contributed by atoms with Gasteiger partial charge >= 0.3 is 6.01 Å². The van der Waals surface area contributed by atoms with Crippen molar-refractivity contribution in [2.75, 3.05) is 6.61 Å². The number of ether oxygens (including phenoxy) is 2. The van der Waals surface area contributed by atoms with E-state index < -0.39 is 0 Å². The lowest BCUT2D eigenvalue weighted by molar-refractivity contribution is 0.317. The van der Waals surface area contributed by atoms with Crippen LogP contribution in [0.3, 0.4) is 0 Å². The van der Waals surface area contributed by atoms with Crippen LogP contribution < -0.4 is 15.2 Å². The Hall–Kier alpha value is -2.14. The summed E-state index contributed by atoms with van der Waals surface area (Å²) in [6, 6.07) is 9.55. The van der Waals surface area contributed by atoms with Gasteiger partial charge in [-0.3, -0.25) is 0 Å². The number of aromatic nitrogens is 2. The van der Waals surface area contributed by atoms with Gasteiger partial charge in [-0.25, -0.2) is 4.98 Å². The third kappa shape index (κ3) is 3.93. The first-order valence-electron chi connectivity index (χ1n) is 6.66. The first kappa shape index (κ1) is 14.3. The second kappa shape index (κ2) is 6.86. The van der Waals surface area contributed by atoms with Crippen molar-refractivity contribution in [1.82, 2.24) is 9.97 Å². The van der Waals surface area contributed by atoms with Gasteiger partial charge in [-0.1, -0.05) is 6.92 Å². The number of hydrogen-bond donors (Lipinski definition) is 1. The quantitative estimate of drug-likeness (QED) is 0.876. The highest BCUT2D eigenvalue weighted by Gasteiger charge is 2.04. The van der Waals surface area contributed by atoms with Crippen LogP contribution in [-0.2, 0) is 6.54 Å². The summed E-state index contributed by atoms with van der Waals surface area (Å²) in [6.07, 6.45) is 0.983. The molecule has 0 atom stereocenters. The molecule has 0 aliphatic rings. The highest BCUT2D eigenvalue weighted by Crippen LogP contribution is 2.22. The maximum atomic E-state index is 5.63. The van der Waals surface area contributed by atoms with Gasteiger partial charge in [0.2, 0.25) is 0 Å². The van der Waals surface area contributed by atoms with Crippen molar-refractivity contribution < 1.29 is 9.47 Å². The maximum absolute atomic E-state index is 5.63. The Bertz CT molecular complexity index is 556. The largest absolute Gasteiger partial charge is 0.494 e. The summed E-state index contributed by atoms with van der Waals surface area (Å²) >= 11 is 0. The first-order valence-corrected chi connectivity index (χ1v) is 6.66. The summed E-state index contributed by atoms with van der Waals surface area (Å²) in [5, 5.41) is 0. The van der Waals surface area contributed by atoms with Crippen molar-refractivity contribution >= 4 is 0 Å². The summed E-state index contributed by atoms with van der Waals surface area (Å²) in [5.41, 5.74) is 7.18. The molecule has 1 heterocycles. The van der Waals surface area contributed by atoms with Gasteiger partial charge in [-0.15, -0.1) is 0 Å². The highest BCUT2D eigenvalue weighted by atomic mass is 16.5. The average molecular weight is 273 g/mol. The van der Waals surface area contributed by atoms with Crippen LogP contribution in [0.4, 0.5) is 0 Å². The summed E-state index contributed by atoms with van der Waals surface area (Å²) in [6.45, 7) is 5.03. The molecule has 1 aromatic heterocycles. The van der Waals surface area contributed by atoms with Gasteiger partial charge in [0.15, 0.2) is 0 Å². The van der Waals surface area contributed by atoms with E-state index in [0.717, 1.165) is 23.6 Å². The van der Waals surface area contributed by atoms with E-state index in [9.17, 15) is 0 Å². The minimum Gasteiger partial charge on any atom is -0.494 e. The molecule has 0 radical (unpaired) electrons. The Kier molecular flexibility index (Phi) is 4.90. The molecule has 0 saturated heterocycles. The Balaban J connectivity index is 2.07. The molecule has 5 heteroatoms. The molecule has 0 spiro atoms. The predicted octanol–water partition coefficient (Wildman–Crippen LogP) is 2.82. The Morgan fingerprint density at radius 1 is 1.10 bits per heavy atom. The molecule has 2 aromatic rings. The van der Waals surface area contributed by atoms with Gasteiger partial charge in [0.1, 0.15) is 11.5 Å². The zero-order valence-corrected chi connectivity index (χ0v) is 11.8. The highest BCUT2D eigenvalue weighted by molar-refractivity contribution is 5.32. The number of hydrogen-bond acceptors (Lipinski definition) is 5. The molecule has 20 heavy (non-hydrogen) atoms. The summed E-state index contributed by atoms with van der Waals surface area (Å²) < 4.78 is 11.1. The lowest BCUT2D eigenvalue weighted by atomic mass is 10.3. The van der Waals surface area contributed by atoms with Crippen molar-refractivity contribution in [3.63, 3.8) is 0 Å². The molecule has 0 aliphatic heterocycles. The van der Waals surface area contributed by atoms with Gasteiger partial charge in [-0.2, -0.15) is 4.98 Å². The van der Waals surface area contributed by atoms with Crippen molar-refractivity contribution in [2.45, 2.75) is 26.8 Å². The SMILES string of the molecule is CCCOc1ccc(Oc2nc(C)cc(CN)n2)cc1. The fraction of sp³-hybridized carbons (Fsp3) is 0.333. The average Bonchev–Trinajstić information content (AvgIpc) is 2.46. The molecular formula is C15H19N3O2. The first-order chi connectivity index (χ1) is 9.71. The lowest BCUT2D eigenvalue weighted by Crippen LogP contribution is -2.03. The zero-order valence-electron chi connectivity index (χ0n) is 11.8. The summed E-state index contributed by atoms with van der Waals surface area (Å²) in [4.78, 5) is 8.46. The van der Waals surface area contributed by atoms with Crippen molar-refractivity contribution in [3.8, 4) is 17.5 Å². The topological polar surface area (TPSA) is 70.3 Å². The fourth-order valence-corrected chi connectivity index (χ4v) is 1.68. The van der Waals surface area contributed by atoms with Gasteiger partial charge < -0.3 is 15.2 Å². The number of rotatable bonds is 6. The van der Waals surface area contributed by atoms with Crippen LogP contribution in [-0.4, -0.2) is 16.6 Å². The molecule has 2 rings (SSSR count). The van der Waals surface area contributed by atoms with E-state index in [0.29, 0.717) is 24.9 Å². The van der Waals surface area contributed by atoms with Crippen LogP contribution in [0.1, 0.15) is 24.7 Å². The zero-order chi connectivity index (χ0) is 14.4. The van der Waals surface area contributed by atoms with E-state index in [1.807, 2.05) is 37.3 Å². The Morgan fingerprint density at radius 2 is 1.80 bits per heavy atom. The molecule has 1 aromatic carbocycles. The van der Waals surface area contributed by atoms with E-state index >= 15 is 0 Å². The van der Waals surface area contributed by atoms with Crippen LogP contribution >= 0.6 is 0 Å². The standard InChI is InChI=1S/C15H19N3O2/c1-3-8-19-13-4-6-14(7-5-13)20-15-17-11(2)9-12(10-16)18-15/h4-7,9H,3,8,10,16H2,1-2H3. The molecule has 0 unspecified atom stereocenters. The minimum atomic E-state index is 0.313. The van der Waals surface area contributed by atoms with Crippen LogP contribution in [0, 0.1) is 6.92 Å². The van der Waals surface area contributed by atoms with E-state index in [-0.39, 0.29) is 0 Å². The van der Waals surface area contributed by atoms with Crippen LogP contribution in [0.15, 0.2) is 30.3 Å². The summed E-state index contributed by atoms with van der Waals surface area (Å²) in [7, 11) is 0. The molecule has 0 bridgehead atoms. The Morgan fingerprint density at radius 3 is 2.45 bits per heavy atom. The third-order valence-electron chi connectivity index (χ3n) is 2.60. The van der Waals surface area contributed by atoms with Gasteiger partial charge in [0.25, 0.3) is 0 Å². The molecule has 106 valence electrons. The normalized spacial score (nSPS) is 10.3. The monoisotopic (exact) mass is 273 g/mol. The molecule has 5 nitrogen and oxygen atoms in total. The smallest absolute Gasteiger partial charge is 0.322 e. The van der Waals surface area contributed by atoms with Crippen LogP contribution in [0.25, 0.3) is 0 Å². The Labute approximate surface area is 118 Å². The molecule has 2 N–H and O–H groups in total. The van der Waals surface area contributed by atoms with E-state index in [2.05, 4.69) is 16.9 Å².